The number of carbonyl (C=O) groups is 2. The van der Waals surface area contributed by atoms with Gasteiger partial charge in [0.1, 0.15) is 0 Å². The number of nitrogens with two attached hydrogens (primary N) is 1. The Morgan fingerprint density at radius 2 is 1.63 bits per heavy atom. The number of benzene rings is 2. The number of nitrogens with zero attached hydrogens (tertiary/aromatic N) is 1. The molecule has 0 aliphatic carbocycles. The zero-order chi connectivity index (χ0) is 19.6. The third-order valence-corrected chi connectivity index (χ3v) is 3.92. The second-order valence-corrected chi connectivity index (χ2v) is 5.96. The van der Waals surface area contributed by atoms with Crippen LogP contribution in [0.15, 0.2) is 65.4 Å². The maximum absolute atomic E-state index is 12.3. The Morgan fingerprint density at radius 1 is 1.04 bits per heavy atom. The molecule has 6 heteroatoms. The average Bonchev–Trinajstić information content (AvgIpc) is 2.68. The summed E-state index contributed by atoms with van der Waals surface area (Å²) in [4.78, 5) is 23.0. The van der Waals surface area contributed by atoms with Crippen molar-refractivity contribution in [1.82, 2.24) is 10.7 Å². The van der Waals surface area contributed by atoms with Crippen molar-refractivity contribution in [1.29, 1.82) is 0 Å². The maximum Gasteiger partial charge on any atom is 0.332 e. The fourth-order valence-electron chi connectivity index (χ4n) is 2.51. The lowest BCUT2D eigenvalue weighted by Gasteiger charge is -2.07. The van der Waals surface area contributed by atoms with Crippen molar-refractivity contribution in [3.63, 3.8) is 0 Å². The van der Waals surface area contributed by atoms with Gasteiger partial charge in [0.2, 0.25) is 0 Å². The molecule has 0 saturated carbocycles. The Balaban J connectivity index is 2.04. The van der Waals surface area contributed by atoms with E-state index >= 15 is 0 Å². The van der Waals surface area contributed by atoms with E-state index in [0.29, 0.717) is 11.3 Å². The molecule has 0 bridgehead atoms. The fraction of sp³-hybridized carbons (Fsp3) is 0.190. The van der Waals surface area contributed by atoms with Crippen LogP contribution >= 0.6 is 0 Å². The summed E-state index contributed by atoms with van der Waals surface area (Å²) in [7, 11) is 0. The number of aryl methyl sites for hydroxylation is 1. The molecule has 0 aromatic heterocycles. The van der Waals surface area contributed by atoms with E-state index in [1.807, 2.05) is 12.1 Å². The quantitative estimate of drug-likeness (QED) is 0.517. The number of primary amides is 1. The number of nitrogens with one attached hydrogen (secondary N) is 2. The third kappa shape index (κ3) is 6.11. The molecule has 0 aliphatic rings. The number of allylic oxidation sites excluding steroid dienone is 2. The van der Waals surface area contributed by atoms with Gasteiger partial charge in [-0.3, -0.25) is 4.79 Å². The summed E-state index contributed by atoms with van der Waals surface area (Å²) in [6, 6.07) is 15.1. The fourth-order valence-corrected chi connectivity index (χ4v) is 2.51. The molecule has 0 aliphatic heterocycles. The van der Waals surface area contributed by atoms with Crippen molar-refractivity contribution in [3.8, 4) is 11.1 Å². The molecule has 0 atom stereocenters. The van der Waals surface area contributed by atoms with Crippen LogP contribution in [0.25, 0.3) is 11.1 Å². The highest BCUT2D eigenvalue weighted by Crippen LogP contribution is 2.21. The largest absolute Gasteiger partial charge is 0.350 e. The highest BCUT2D eigenvalue weighted by molar-refractivity contribution is 5.99. The van der Waals surface area contributed by atoms with Crippen molar-refractivity contribution >= 4 is 18.2 Å². The van der Waals surface area contributed by atoms with E-state index in [4.69, 9.17) is 5.73 Å². The van der Waals surface area contributed by atoms with Gasteiger partial charge in [0.05, 0.1) is 11.9 Å². The summed E-state index contributed by atoms with van der Waals surface area (Å²) < 4.78 is 0. The Labute approximate surface area is 159 Å². The van der Waals surface area contributed by atoms with Crippen LogP contribution in [0.4, 0.5) is 4.79 Å². The Kier molecular flexibility index (Phi) is 7.31. The number of hydrogen-bond acceptors (Lipinski definition) is 3. The van der Waals surface area contributed by atoms with Crippen molar-refractivity contribution in [3.05, 3.63) is 71.4 Å². The molecule has 140 valence electrons. The first-order valence-corrected chi connectivity index (χ1v) is 8.79. The number of carbonyl (C=O) groups excluding carboxylic acids is 2. The van der Waals surface area contributed by atoms with Crippen molar-refractivity contribution in [2.45, 2.75) is 26.7 Å². The summed E-state index contributed by atoms with van der Waals surface area (Å²) in [5.74, 6) is -0.265. The standard InChI is InChI=1S/C21H24N4O2/c1-3-5-15-6-8-16(9-7-15)17-10-12-18(13-11-17)20(26)24-19(4-2)14-23-25-21(22)27/h4,6-14H,3,5H2,1-2H3,(H,24,26)(H3,22,25,27). The second kappa shape index (κ2) is 9.91. The summed E-state index contributed by atoms with van der Waals surface area (Å²) >= 11 is 0. The van der Waals surface area contributed by atoms with E-state index in [1.165, 1.54) is 11.8 Å². The third-order valence-electron chi connectivity index (χ3n) is 3.92. The van der Waals surface area contributed by atoms with Crippen LogP contribution in [0.3, 0.4) is 0 Å². The maximum atomic E-state index is 12.3. The predicted octanol–water partition coefficient (Wildman–Crippen LogP) is 3.59. The van der Waals surface area contributed by atoms with Crippen molar-refractivity contribution < 1.29 is 9.59 Å². The number of hydrazone groups is 1. The lowest BCUT2D eigenvalue weighted by atomic mass is 10.0. The number of amides is 3. The molecule has 0 spiro atoms. The van der Waals surface area contributed by atoms with E-state index in [9.17, 15) is 9.59 Å². The molecule has 0 saturated heterocycles. The first kappa shape index (κ1) is 19.9. The Morgan fingerprint density at radius 3 is 2.15 bits per heavy atom. The van der Waals surface area contributed by atoms with Gasteiger partial charge in [-0.1, -0.05) is 55.8 Å². The SMILES string of the molecule is CC=C(C=NNC(N)=O)NC(=O)c1ccc(-c2ccc(CCC)cc2)cc1. The summed E-state index contributed by atoms with van der Waals surface area (Å²) in [6.07, 6.45) is 5.18. The highest BCUT2D eigenvalue weighted by Gasteiger charge is 2.07. The molecular formula is C21H24N4O2. The minimum Gasteiger partial charge on any atom is -0.350 e. The summed E-state index contributed by atoms with van der Waals surface area (Å²) in [5.41, 5.74) is 11.5. The van der Waals surface area contributed by atoms with Crippen LogP contribution in [-0.2, 0) is 6.42 Å². The van der Waals surface area contributed by atoms with E-state index in [0.717, 1.165) is 24.0 Å². The molecule has 2 aromatic carbocycles. The van der Waals surface area contributed by atoms with Crippen LogP contribution < -0.4 is 16.5 Å². The van der Waals surface area contributed by atoms with E-state index in [2.05, 4.69) is 47.0 Å². The van der Waals surface area contributed by atoms with E-state index in [1.54, 1.807) is 25.1 Å². The first-order chi connectivity index (χ1) is 13.0. The number of rotatable bonds is 7. The molecule has 0 fully saturated rings. The van der Waals surface area contributed by atoms with Crippen LogP contribution in [-0.4, -0.2) is 18.2 Å². The molecule has 0 heterocycles. The van der Waals surface area contributed by atoms with Gasteiger partial charge >= 0.3 is 6.03 Å². The van der Waals surface area contributed by atoms with Crippen molar-refractivity contribution in [2.75, 3.05) is 0 Å². The zero-order valence-electron chi connectivity index (χ0n) is 15.5. The highest BCUT2D eigenvalue weighted by atomic mass is 16.2. The molecule has 27 heavy (non-hydrogen) atoms. The number of hydrogen-bond donors (Lipinski definition) is 3. The normalized spacial score (nSPS) is 11.4. The van der Waals surface area contributed by atoms with Crippen LogP contribution in [0.1, 0.15) is 36.2 Å². The smallest absolute Gasteiger partial charge is 0.332 e. The van der Waals surface area contributed by atoms with E-state index < -0.39 is 6.03 Å². The molecule has 6 nitrogen and oxygen atoms in total. The van der Waals surface area contributed by atoms with Crippen LogP contribution in [0.2, 0.25) is 0 Å². The predicted molar refractivity (Wildman–Crippen MR) is 108 cm³/mol. The molecule has 4 N–H and O–H groups in total. The molecular weight excluding hydrogens is 340 g/mol. The lowest BCUT2D eigenvalue weighted by molar-refractivity contribution is 0.0968. The minimum atomic E-state index is -0.772. The van der Waals surface area contributed by atoms with Gasteiger partial charge in [0.25, 0.3) is 5.91 Å². The summed E-state index contributed by atoms with van der Waals surface area (Å²) in [5, 5.41) is 6.35. The van der Waals surface area contributed by atoms with Crippen molar-refractivity contribution in [2.24, 2.45) is 10.8 Å². The van der Waals surface area contributed by atoms with Gasteiger partial charge in [0.15, 0.2) is 0 Å². The van der Waals surface area contributed by atoms with Gasteiger partial charge < -0.3 is 11.1 Å². The van der Waals surface area contributed by atoms with Crippen LogP contribution in [0, 0.1) is 0 Å². The first-order valence-electron chi connectivity index (χ1n) is 8.79. The van der Waals surface area contributed by atoms with Gasteiger partial charge in [0, 0.05) is 5.56 Å². The van der Waals surface area contributed by atoms with Gasteiger partial charge in [-0.25, -0.2) is 10.2 Å². The van der Waals surface area contributed by atoms with Gasteiger partial charge in [-0.15, -0.1) is 0 Å². The Bertz CT molecular complexity index is 837. The Hall–Kier alpha value is -3.41. The molecule has 3 amide bonds. The van der Waals surface area contributed by atoms with Gasteiger partial charge in [-0.05, 0) is 42.2 Å². The molecule has 0 unspecified atom stereocenters. The lowest BCUT2D eigenvalue weighted by Crippen LogP contribution is -2.27. The number of urea groups is 1. The zero-order valence-corrected chi connectivity index (χ0v) is 15.5. The average molecular weight is 364 g/mol. The second-order valence-electron chi connectivity index (χ2n) is 5.96. The monoisotopic (exact) mass is 364 g/mol. The topological polar surface area (TPSA) is 96.6 Å². The minimum absolute atomic E-state index is 0.265. The van der Waals surface area contributed by atoms with E-state index in [-0.39, 0.29) is 5.91 Å². The summed E-state index contributed by atoms with van der Waals surface area (Å²) in [6.45, 7) is 3.91. The molecule has 2 aromatic rings. The molecule has 0 radical (unpaired) electrons. The molecule has 2 rings (SSSR count). The van der Waals surface area contributed by atoms with Crippen LogP contribution in [0.5, 0.6) is 0 Å². The van der Waals surface area contributed by atoms with Gasteiger partial charge in [-0.2, -0.15) is 5.10 Å².